The van der Waals surface area contributed by atoms with E-state index >= 15 is 0 Å². The molecule has 0 unspecified atom stereocenters. The van der Waals surface area contributed by atoms with Gasteiger partial charge in [-0.2, -0.15) is 0 Å². The van der Waals surface area contributed by atoms with Gasteiger partial charge in [0.2, 0.25) is 0 Å². The molecule has 0 amide bonds. The van der Waals surface area contributed by atoms with Crippen LogP contribution in [0.5, 0.6) is 0 Å². The molecule has 0 saturated carbocycles. The minimum Gasteiger partial charge on any atom is -0.312 e. The SMILES string of the molecule is Fc1cccc(CCNCc2cc(Br)c(Cl)s2)c1. The van der Waals surface area contributed by atoms with Crippen molar-refractivity contribution in [3.8, 4) is 0 Å². The first kappa shape index (κ1) is 14.0. The molecule has 0 aliphatic rings. The lowest BCUT2D eigenvalue weighted by Gasteiger charge is -2.03. The van der Waals surface area contributed by atoms with E-state index < -0.39 is 0 Å². The molecule has 2 aromatic rings. The first-order valence-electron chi connectivity index (χ1n) is 5.54. The molecule has 0 spiro atoms. The summed E-state index contributed by atoms with van der Waals surface area (Å²) in [6.07, 6.45) is 0.817. The molecule has 0 atom stereocenters. The second-order valence-corrected chi connectivity index (χ2v) is 6.48. The fourth-order valence-electron chi connectivity index (χ4n) is 1.62. The summed E-state index contributed by atoms with van der Waals surface area (Å²) in [5, 5.41) is 3.32. The van der Waals surface area contributed by atoms with Crippen LogP contribution in [0.2, 0.25) is 4.34 Å². The van der Waals surface area contributed by atoms with Crippen LogP contribution in [0.3, 0.4) is 0 Å². The van der Waals surface area contributed by atoms with Crippen molar-refractivity contribution in [3.63, 3.8) is 0 Å². The Morgan fingerprint density at radius 2 is 2.17 bits per heavy atom. The van der Waals surface area contributed by atoms with Crippen molar-refractivity contribution in [2.24, 2.45) is 0 Å². The van der Waals surface area contributed by atoms with Crippen LogP contribution in [-0.2, 0) is 13.0 Å². The third kappa shape index (κ3) is 4.05. The highest BCUT2D eigenvalue weighted by molar-refractivity contribution is 9.10. The monoisotopic (exact) mass is 347 g/mol. The summed E-state index contributed by atoms with van der Waals surface area (Å²) in [5.41, 5.74) is 1.01. The van der Waals surface area contributed by atoms with Gasteiger partial charge in [-0.25, -0.2) is 4.39 Å². The summed E-state index contributed by atoms with van der Waals surface area (Å²) in [6.45, 7) is 1.60. The Kier molecular flexibility index (Phi) is 5.18. The fourth-order valence-corrected chi connectivity index (χ4v) is 3.38. The average molecular weight is 349 g/mol. The van der Waals surface area contributed by atoms with Crippen LogP contribution >= 0.6 is 38.9 Å². The third-order valence-electron chi connectivity index (χ3n) is 2.47. The highest BCUT2D eigenvalue weighted by atomic mass is 79.9. The van der Waals surface area contributed by atoms with E-state index in [1.54, 1.807) is 23.5 Å². The highest BCUT2D eigenvalue weighted by Gasteiger charge is 2.03. The predicted octanol–water partition coefficient (Wildman–Crippen LogP) is 4.64. The van der Waals surface area contributed by atoms with E-state index in [-0.39, 0.29) is 5.82 Å². The van der Waals surface area contributed by atoms with Crippen molar-refractivity contribution in [2.75, 3.05) is 6.54 Å². The van der Waals surface area contributed by atoms with E-state index in [9.17, 15) is 4.39 Å². The van der Waals surface area contributed by atoms with Crippen LogP contribution < -0.4 is 5.32 Å². The summed E-state index contributed by atoms with van der Waals surface area (Å²) in [7, 11) is 0. The van der Waals surface area contributed by atoms with Gasteiger partial charge in [0.05, 0.1) is 0 Å². The summed E-state index contributed by atoms with van der Waals surface area (Å²) < 4.78 is 14.7. The van der Waals surface area contributed by atoms with Crippen molar-refractivity contribution >= 4 is 38.9 Å². The number of hydrogen-bond acceptors (Lipinski definition) is 2. The van der Waals surface area contributed by atoms with Gasteiger partial charge in [-0.15, -0.1) is 11.3 Å². The molecule has 0 radical (unpaired) electrons. The first-order valence-corrected chi connectivity index (χ1v) is 7.53. The zero-order chi connectivity index (χ0) is 13.0. The zero-order valence-corrected chi connectivity index (χ0v) is 12.7. The molecule has 1 N–H and O–H groups in total. The van der Waals surface area contributed by atoms with Gasteiger partial charge in [-0.1, -0.05) is 23.7 Å². The molecule has 0 saturated heterocycles. The van der Waals surface area contributed by atoms with Gasteiger partial charge in [0.1, 0.15) is 10.2 Å². The Morgan fingerprint density at radius 3 is 2.83 bits per heavy atom. The molecule has 0 aliphatic carbocycles. The molecule has 2 rings (SSSR count). The molecule has 18 heavy (non-hydrogen) atoms. The molecule has 1 aromatic heterocycles. The molecular formula is C13H12BrClFNS. The van der Waals surface area contributed by atoms with Gasteiger partial charge >= 0.3 is 0 Å². The number of nitrogens with one attached hydrogen (secondary N) is 1. The van der Waals surface area contributed by atoms with Gasteiger partial charge < -0.3 is 5.32 Å². The van der Waals surface area contributed by atoms with Crippen molar-refractivity contribution in [3.05, 3.63) is 55.4 Å². The maximum absolute atomic E-state index is 12.9. The molecule has 5 heteroatoms. The van der Waals surface area contributed by atoms with Crippen molar-refractivity contribution in [2.45, 2.75) is 13.0 Å². The molecule has 0 aliphatic heterocycles. The second-order valence-electron chi connectivity index (χ2n) is 3.89. The van der Waals surface area contributed by atoms with Crippen molar-refractivity contribution < 1.29 is 4.39 Å². The van der Waals surface area contributed by atoms with E-state index in [1.165, 1.54) is 10.9 Å². The van der Waals surface area contributed by atoms with Crippen LogP contribution in [0.15, 0.2) is 34.8 Å². The third-order valence-corrected chi connectivity index (χ3v) is 4.95. The molecule has 0 bridgehead atoms. The van der Waals surface area contributed by atoms with Crippen LogP contribution in [0.4, 0.5) is 4.39 Å². The highest BCUT2D eigenvalue weighted by Crippen LogP contribution is 2.31. The Bertz CT molecular complexity index is 510. The Balaban J connectivity index is 1.76. The minimum absolute atomic E-state index is 0.179. The largest absolute Gasteiger partial charge is 0.312 e. The number of benzene rings is 1. The summed E-state index contributed by atoms with van der Waals surface area (Å²) >= 11 is 10.9. The minimum atomic E-state index is -0.179. The summed E-state index contributed by atoms with van der Waals surface area (Å²) in [4.78, 5) is 1.19. The van der Waals surface area contributed by atoms with Gasteiger partial charge in [0, 0.05) is 15.9 Å². The predicted molar refractivity (Wildman–Crippen MR) is 78.8 cm³/mol. The molecule has 1 aromatic carbocycles. The van der Waals surface area contributed by atoms with Gasteiger partial charge in [-0.3, -0.25) is 0 Å². The number of rotatable bonds is 5. The maximum atomic E-state index is 12.9. The number of halogens is 3. The Morgan fingerprint density at radius 1 is 1.33 bits per heavy atom. The maximum Gasteiger partial charge on any atom is 0.123 e. The quantitative estimate of drug-likeness (QED) is 0.777. The lowest BCUT2D eigenvalue weighted by atomic mass is 10.1. The smallest absolute Gasteiger partial charge is 0.123 e. The molecule has 0 fully saturated rings. The molecule has 1 heterocycles. The standard InChI is InChI=1S/C13H12BrClFNS/c14-12-7-11(18-13(12)15)8-17-5-4-9-2-1-3-10(16)6-9/h1-3,6-7,17H,4-5,8H2. The Labute approximate surface area is 123 Å². The fraction of sp³-hybridized carbons (Fsp3) is 0.231. The van der Waals surface area contributed by atoms with Gasteiger partial charge in [-0.05, 0) is 52.7 Å². The van der Waals surface area contributed by atoms with Gasteiger partial charge in [0.25, 0.3) is 0 Å². The van der Waals surface area contributed by atoms with E-state index in [1.807, 2.05) is 12.1 Å². The summed E-state index contributed by atoms with van der Waals surface area (Å²) in [6, 6.07) is 8.72. The lowest BCUT2D eigenvalue weighted by Crippen LogP contribution is -2.15. The van der Waals surface area contributed by atoms with Crippen molar-refractivity contribution in [1.82, 2.24) is 5.32 Å². The molecular weight excluding hydrogens is 337 g/mol. The van der Waals surface area contributed by atoms with E-state index in [2.05, 4.69) is 21.2 Å². The van der Waals surface area contributed by atoms with E-state index in [4.69, 9.17) is 11.6 Å². The van der Waals surface area contributed by atoms with Crippen molar-refractivity contribution in [1.29, 1.82) is 0 Å². The van der Waals surface area contributed by atoms with E-state index in [0.717, 1.165) is 33.9 Å². The average Bonchev–Trinajstić information content (AvgIpc) is 2.65. The number of thiophene rings is 1. The van der Waals surface area contributed by atoms with Gasteiger partial charge in [0.15, 0.2) is 0 Å². The normalized spacial score (nSPS) is 10.8. The first-order chi connectivity index (χ1) is 8.65. The molecule has 96 valence electrons. The van der Waals surface area contributed by atoms with Crippen LogP contribution in [-0.4, -0.2) is 6.54 Å². The van der Waals surface area contributed by atoms with Crippen LogP contribution in [0.25, 0.3) is 0 Å². The zero-order valence-electron chi connectivity index (χ0n) is 9.55. The van der Waals surface area contributed by atoms with E-state index in [0.29, 0.717) is 0 Å². The molecule has 1 nitrogen and oxygen atoms in total. The summed E-state index contributed by atoms with van der Waals surface area (Å²) in [5.74, 6) is -0.179. The van der Waals surface area contributed by atoms with Crippen LogP contribution in [0.1, 0.15) is 10.4 Å². The Hall–Kier alpha value is -0.420. The topological polar surface area (TPSA) is 12.0 Å². The van der Waals surface area contributed by atoms with Crippen LogP contribution in [0, 0.1) is 5.82 Å². The second kappa shape index (κ2) is 6.66. The number of hydrogen-bond donors (Lipinski definition) is 1. The lowest BCUT2D eigenvalue weighted by molar-refractivity contribution is 0.623.